The molecule has 0 fully saturated rings. The zero-order valence-corrected chi connectivity index (χ0v) is 44.3. The Balaban J connectivity index is 1.09. The van der Waals surface area contributed by atoms with Gasteiger partial charge in [0.2, 0.25) is 0 Å². The van der Waals surface area contributed by atoms with Crippen LogP contribution in [0.5, 0.6) is 0 Å². The molecule has 0 radical (unpaired) electrons. The highest BCUT2D eigenvalue weighted by molar-refractivity contribution is 7.20. The summed E-state index contributed by atoms with van der Waals surface area (Å²) in [5.74, 6) is 0. The van der Waals surface area contributed by atoms with E-state index in [1.54, 1.807) is 0 Å². The lowest BCUT2D eigenvalue weighted by Crippen LogP contribution is -2.74. The number of benzene rings is 12. The van der Waals surface area contributed by atoms with E-state index in [-0.39, 0.29) is 0 Å². The molecule has 0 bridgehead atoms. The Hall–Kier alpha value is -9.53. The second-order valence-electron chi connectivity index (χ2n) is 20.3. The standard InChI is InChI=1S/C72H51N3Si2/c1-7-25-53(26-8-1)76(54-27-9-2-10-28-54,55-29-11-3-12-30-55)59-45-43-52(44-46-59)73-67-39-21-23-41-69(67)74-65-38-20-19-37-61(65)62-48-49-63-64-51-60(47-50-66(64)75(72(63)71(62)74)70-42-24-22-40-68(70)73)77(56-31-13-4-14-32-56,57-33-15-5-16-34-57)58-35-17-6-18-36-58/h1-51H. The molecule has 0 atom stereocenters. The van der Waals surface area contributed by atoms with Gasteiger partial charge in [0.15, 0.2) is 16.1 Å². The summed E-state index contributed by atoms with van der Waals surface area (Å²) < 4.78 is 7.66. The quantitative estimate of drug-likeness (QED) is 0.101. The Bertz CT molecular complexity index is 4510. The van der Waals surface area contributed by atoms with Crippen molar-refractivity contribution in [1.29, 1.82) is 0 Å². The maximum atomic E-state index is 2.59. The second-order valence-corrected chi connectivity index (χ2v) is 28.0. The number of aromatic nitrogens is 3. The molecule has 0 aliphatic carbocycles. The normalized spacial score (nSPS) is 12.2. The molecular weight excluding hydrogens is 963 g/mol. The third kappa shape index (κ3) is 6.67. The molecule has 77 heavy (non-hydrogen) atoms. The van der Waals surface area contributed by atoms with Gasteiger partial charge >= 0.3 is 0 Å². The highest BCUT2D eigenvalue weighted by Gasteiger charge is 2.43. The Kier molecular flexibility index (Phi) is 10.6. The van der Waals surface area contributed by atoms with Gasteiger partial charge in [-0.1, -0.05) is 261 Å². The lowest BCUT2D eigenvalue weighted by Gasteiger charge is -2.34. The van der Waals surface area contributed by atoms with Gasteiger partial charge in [0.25, 0.3) is 0 Å². The van der Waals surface area contributed by atoms with Crippen molar-refractivity contribution < 1.29 is 0 Å². The van der Waals surface area contributed by atoms with Crippen LogP contribution < -0.4 is 41.5 Å². The average Bonchev–Trinajstić information content (AvgIpc) is 4.19. The summed E-state index contributed by atoms with van der Waals surface area (Å²) in [6.45, 7) is 0. The summed E-state index contributed by atoms with van der Waals surface area (Å²) in [4.78, 5) is 0. The molecule has 0 aliphatic rings. The molecular formula is C72H51N3Si2. The highest BCUT2D eigenvalue weighted by Crippen LogP contribution is 2.41. The Morgan fingerprint density at radius 2 is 0.494 bits per heavy atom. The topological polar surface area (TPSA) is 13.8 Å². The van der Waals surface area contributed by atoms with E-state index in [9.17, 15) is 0 Å². The van der Waals surface area contributed by atoms with Crippen molar-refractivity contribution >= 4 is 123 Å². The van der Waals surface area contributed by atoms with Gasteiger partial charge in [-0.25, -0.2) is 0 Å². The minimum Gasteiger partial charge on any atom is -0.306 e. The van der Waals surface area contributed by atoms with E-state index in [1.165, 1.54) is 85.1 Å². The lowest BCUT2D eigenvalue weighted by atomic mass is 10.1. The van der Waals surface area contributed by atoms with Gasteiger partial charge in [0.1, 0.15) is 0 Å². The van der Waals surface area contributed by atoms with Crippen molar-refractivity contribution in [2.75, 3.05) is 0 Å². The van der Waals surface area contributed by atoms with Crippen molar-refractivity contribution in [3.63, 3.8) is 0 Å². The summed E-state index contributed by atoms with van der Waals surface area (Å²) in [6, 6.07) is 116. The van der Waals surface area contributed by atoms with E-state index in [0.29, 0.717) is 0 Å². The predicted octanol–water partition coefficient (Wildman–Crippen LogP) is 12.1. The van der Waals surface area contributed by atoms with Gasteiger partial charge in [-0.05, 0) is 90.0 Å². The van der Waals surface area contributed by atoms with E-state index in [1.807, 2.05) is 0 Å². The first-order valence-electron chi connectivity index (χ1n) is 26.7. The summed E-state index contributed by atoms with van der Waals surface area (Å²) in [5, 5.41) is 15.7. The summed E-state index contributed by atoms with van der Waals surface area (Å²) >= 11 is 0. The zero-order chi connectivity index (χ0) is 50.9. The maximum Gasteiger partial charge on any atom is 0.179 e. The van der Waals surface area contributed by atoms with Crippen LogP contribution in [-0.4, -0.2) is 29.5 Å². The van der Waals surface area contributed by atoms with Crippen LogP contribution in [0.2, 0.25) is 0 Å². The molecule has 0 saturated carbocycles. The van der Waals surface area contributed by atoms with Crippen LogP contribution in [0.15, 0.2) is 309 Å². The van der Waals surface area contributed by atoms with Gasteiger partial charge in [0, 0.05) is 27.2 Å². The molecule has 3 nitrogen and oxygen atoms in total. The minimum atomic E-state index is -2.88. The van der Waals surface area contributed by atoms with Crippen LogP contribution in [0.4, 0.5) is 0 Å². The Morgan fingerprint density at radius 1 is 0.195 bits per heavy atom. The van der Waals surface area contributed by atoms with Gasteiger partial charge in [-0.3, -0.25) is 0 Å². The molecule has 15 rings (SSSR count). The Morgan fingerprint density at radius 3 is 0.909 bits per heavy atom. The maximum absolute atomic E-state index is 2.88. The number of para-hydroxylation sites is 5. The number of hydrogen-bond acceptors (Lipinski definition) is 0. The second kappa shape index (κ2) is 18.1. The molecule has 3 aromatic heterocycles. The van der Waals surface area contributed by atoms with Crippen molar-refractivity contribution in [2.45, 2.75) is 0 Å². The molecule has 15 aromatic rings. The van der Waals surface area contributed by atoms with Crippen molar-refractivity contribution in [1.82, 2.24) is 13.4 Å². The van der Waals surface area contributed by atoms with Gasteiger partial charge in [0.05, 0.1) is 44.1 Å². The number of rotatable bonds is 9. The summed E-state index contributed by atoms with van der Waals surface area (Å²) in [5.41, 5.74) is 10.3. The fourth-order valence-electron chi connectivity index (χ4n) is 13.4. The minimum absolute atomic E-state index is 1.09. The van der Waals surface area contributed by atoms with Crippen LogP contribution in [0.25, 0.3) is 71.4 Å². The molecule has 0 aliphatic heterocycles. The van der Waals surface area contributed by atoms with Gasteiger partial charge in [-0.15, -0.1) is 0 Å². The van der Waals surface area contributed by atoms with Crippen LogP contribution in [-0.2, 0) is 0 Å². The smallest absolute Gasteiger partial charge is 0.179 e. The molecule has 362 valence electrons. The zero-order valence-electron chi connectivity index (χ0n) is 42.3. The third-order valence-electron chi connectivity index (χ3n) is 16.5. The van der Waals surface area contributed by atoms with Crippen LogP contribution in [0.1, 0.15) is 0 Å². The molecule has 5 heteroatoms. The largest absolute Gasteiger partial charge is 0.306 e. The molecule has 0 spiro atoms. The summed E-state index contributed by atoms with van der Waals surface area (Å²) in [7, 11) is -5.68. The van der Waals surface area contributed by atoms with Gasteiger partial charge in [-0.2, -0.15) is 0 Å². The van der Waals surface area contributed by atoms with E-state index in [0.717, 1.165) is 27.8 Å². The van der Waals surface area contributed by atoms with Crippen molar-refractivity contribution in [2.24, 2.45) is 0 Å². The predicted molar refractivity (Wildman–Crippen MR) is 331 cm³/mol. The number of nitrogens with zero attached hydrogens (tertiary/aromatic N) is 3. The van der Waals surface area contributed by atoms with Gasteiger partial charge < -0.3 is 13.4 Å². The van der Waals surface area contributed by atoms with E-state index in [4.69, 9.17) is 0 Å². The molecule has 0 N–H and O–H groups in total. The fraction of sp³-hybridized carbons (Fsp3) is 0. The number of hydrogen-bond donors (Lipinski definition) is 0. The molecule has 0 saturated heterocycles. The molecule has 0 amide bonds. The van der Waals surface area contributed by atoms with Crippen LogP contribution in [0, 0.1) is 0 Å². The monoisotopic (exact) mass is 1010 g/mol. The molecule has 0 unspecified atom stereocenters. The Labute approximate surface area is 449 Å². The SMILES string of the molecule is c1ccc([Si](c2ccccc2)(c2ccccc2)c2ccc(-n3c4ccccc4n4c5ccccc5c5ccc6c7cc([Si](c8ccccc8)(c8ccccc8)c8ccccc8)ccc7n(c7ccccc73)c6c54)cc2)cc1. The first kappa shape index (κ1) is 44.9. The third-order valence-corrected chi connectivity index (χ3v) is 26.1. The first-order valence-corrected chi connectivity index (χ1v) is 30.7. The molecule has 3 heterocycles. The van der Waals surface area contributed by atoms with E-state index < -0.39 is 16.1 Å². The highest BCUT2D eigenvalue weighted by atomic mass is 28.3. The van der Waals surface area contributed by atoms with Crippen LogP contribution in [0.3, 0.4) is 0 Å². The average molecular weight is 1010 g/mol. The van der Waals surface area contributed by atoms with Crippen molar-refractivity contribution in [3.8, 4) is 5.69 Å². The van der Waals surface area contributed by atoms with E-state index >= 15 is 0 Å². The van der Waals surface area contributed by atoms with E-state index in [2.05, 4.69) is 323 Å². The lowest BCUT2D eigenvalue weighted by molar-refractivity contribution is 1.16. The van der Waals surface area contributed by atoms with Crippen molar-refractivity contribution in [3.05, 3.63) is 309 Å². The number of fused-ring (bicyclic) bond motifs is 10. The fourth-order valence-corrected chi connectivity index (χ4v) is 22.9. The summed E-state index contributed by atoms with van der Waals surface area (Å²) in [6.07, 6.45) is 0. The van der Waals surface area contributed by atoms with Crippen LogP contribution >= 0.6 is 0 Å². The first-order chi connectivity index (χ1) is 38.2. The molecule has 12 aromatic carbocycles.